The molecule has 94 valence electrons. The Bertz CT molecular complexity index is 204. The number of ether oxygens (including phenoxy) is 1. The summed E-state index contributed by atoms with van der Waals surface area (Å²) in [7, 11) is 2.32. The van der Waals surface area contributed by atoms with Crippen molar-refractivity contribution in [1.29, 1.82) is 0 Å². The fourth-order valence-electron chi connectivity index (χ4n) is 3.02. The molecule has 1 saturated heterocycles. The van der Waals surface area contributed by atoms with Crippen LogP contribution in [-0.4, -0.2) is 50.3 Å². The van der Waals surface area contributed by atoms with Gasteiger partial charge in [-0.3, -0.25) is 4.90 Å². The molecule has 0 aromatic rings. The first kappa shape index (κ1) is 12.3. The Hall–Kier alpha value is -0.120. The zero-order valence-corrected chi connectivity index (χ0v) is 10.7. The molecule has 0 aromatic carbocycles. The molecule has 2 unspecified atom stereocenters. The van der Waals surface area contributed by atoms with Crippen LogP contribution in [0.4, 0.5) is 0 Å². The molecule has 1 saturated carbocycles. The lowest BCUT2D eigenvalue weighted by Gasteiger charge is -2.47. The monoisotopic (exact) mass is 226 g/mol. The summed E-state index contributed by atoms with van der Waals surface area (Å²) in [6.07, 6.45) is 5.25. The minimum atomic E-state index is 0.767. The van der Waals surface area contributed by atoms with E-state index in [1.807, 2.05) is 0 Å². The maximum absolute atomic E-state index is 5.43. The number of hydrogen-bond acceptors (Lipinski definition) is 3. The van der Waals surface area contributed by atoms with E-state index in [9.17, 15) is 0 Å². The first-order chi connectivity index (χ1) is 7.83. The molecular formula is C13H26N2O. The van der Waals surface area contributed by atoms with Gasteiger partial charge in [0.2, 0.25) is 0 Å². The molecule has 0 aromatic heterocycles. The van der Waals surface area contributed by atoms with Crippen LogP contribution in [0.25, 0.3) is 0 Å². The third kappa shape index (κ3) is 2.76. The van der Waals surface area contributed by atoms with E-state index in [0.29, 0.717) is 0 Å². The van der Waals surface area contributed by atoms with E-state index in [1.54, 1.807) is 0 Å². The second kappa shape index (κ2) is 5.99. The molecule has 16 heavy (non-hydrogen) atoms. The predicted molar refractivity (Wildman–Crippen MR) is 66.7 cm³/mol. The van der Waals surface area contributed by atoms with E-state index < -0.39 is 0 Å². The SMILES string of the molecule is CCNCC1CCC1N(C)C1CCOCC1. The van der Waals surface area contributed by atoms with Gasteiger partial charge in [0.05, 0.1) is 0 Å². The predicted octanol–water partition coefficient (Wildman–Crippen LogP) is 1.49. The summed E-state index contributed by atoms with van der Waals surface area (Å²) in [4.78, 5) is 2.63. The van der Waals surface area contributed by atoms with Gasteiger partial charge in [0.1, 0.15) is 0 Å². The van der Waals surface area contributed by atoms with Crippen LogP contribution >= 0.6 is 0 Å². The molecule has 0 radical (unpaired) electrons. The molecule has 1 aliphatic heterocycles. The first-order valence-electron chi connectivity index (χ1n) is 6.83. The first-order valence-corrected chi connectivity index (χ1v) is 6.83. The van der Waals surface area contributed by atoms with E-state index in [1.165, 1.54) is 32.2 Å². The van der Waals surface area contributed by atoms with E-state index in [0.717, 1.165) is 37.8 Å². The molecule has 0 bridgehead atoms. The maximum Gasteiger partial charge on any atom is 0.0480 e. The molecular weight excluding hydrogens is 200 g/mol. The summed E-state index contributed by atoms with van der Waals surface area (Å²) in [5, 5.41) is 3.49. The Balaban J connectivity index is 1.77. The highest BCUT2D eigenvalue weighted by molar-refractivity contribution is 4.91. The molecule has 2 fully saturated rings. The van der Waals surface area contributed by atoms with Gasteiger partial charge in [0, 0.05) is 25.3 Å². The Morgan fingerprint density at radius 3 is 2.50 bits per heavy atom. The van der Waals surface area contributed by atoms with Gasteiger partial charge in [-0.25, -0.2) is 0 Å². The van der Waals surface area contributed by atoms with Crippen LogP contribution in [0.2, 0.25) is 0 Å². The van der Waals surface area contributed by atoms with Crippen molar-refractivity contribution in [3.63, 3.8) is 0 Å². The highest BCUT2D eigenvalue weighted by Crippen LogP contribution is 2.33. The molecule has 2 atom stereocenters. The Morgan fingerprint density at radius 2 is 1.94 bits per heavy atom. The summed E-state index contributed by atoms with van der Waals surface area (Å²) in [6.45, 7) is 6.41. The Kier molecular flexibility index (Phi) is 4.62. The van der Waals surface area contributed by atoms with Gasteiger partial charge in [0.25, 0.3) is 0 Å². The van der Waals surface area contributed by atoms with Crippen molar-refractivity contribution in [2.24, 2.45) is 5.92 Å². The topological polar surface area (TPSA) is 24.5 Å². The Labute approximate surface area is 99.5 Å². The maximum atomic E-state index is 5.43. The van der Waals surface area contributed by atoms with E-state index in [2.05, 4.69) is 24.2 Å². The largest absolute Gasteiger partial charge is 0.381 e. The van der Waals surface area contributed by atoms with Crippen molar-refractivity contribution in [3.05, 3.63) is 0 Å². The highest BCUT2D eigenvalue weighted by atomic mass is 16.5. The quantitative estimate of drug-likeness (QED) is 0.768. The van der Waals surface area contributed by atoms with Crippen molar-refractivity contribution in [2.45, 2.75) is 44.7 Å². The van der Waals surface area contributed by atoms with Crippen molar-refractivity contribution in [1.82, 2.24) is 10.2 Å². The van der Waals surface area contributed by atoms with Crippen molar-refractivity contribution in [2.75, 3.05) is 33.4 Å². The standard InChI is InChI=1S/C13H26N2O/c1-3-14-10-11-4-5-13(11)15(2)12-6-8-16-9-7-12/h11-14H,3-10H2,1-2H3. The number of nitrogens with one attached hydrogen (secondary N) is 1. The zero-order chi connectivity index (χ0) is 11.4. The number of nitrogens with zero attached hydrogens (tertiary/aromatic N) is 1. The molecule has 1 aliphatic carbocycles. The van der Waals surface area contributed by atoms with Gasteiger partial charge in [-0.15, -0.1) is 0 Å². The van der Waals surface area contributed by atoms with Gasteiger partial charge in [0.15, 0.2) is 0 Å². The molecule has 0 spiro atoms. The minimum absolute atomic E-state index is 0.767. The number of rotatable bonds is 5. The molecule has 2 aliphatic rings. The van der Waals surface area contributed by atoms with Gasteiger partial charge >= 0.3 is 0 Å². The smallest absolute Gasteiger partial charge is 0.0480 e. The third-order valence-electron chi connectivity index (χ3n) is 4.32. The normalized spacial score (nSPS) is 31.7. The van der Waals surface area contributed by atoms with Crippen molar-refractivity contribution in [3.8, 4) is 0 Å². The van der Waals surface area contributed by atoms with Crippen LogP contribution in [0.3, 0.4) is 0 Å². The van der Waals surface area contributed by atoms with Gasteiger partial charge in [-0.05, 0) is 51.7 Å². The average Bonchev–Trinajstić information content (AvgIpc) is 2.29. The summed E-state index contributed by atoms with van der Waals surface area (Å²) in [6, 6.07) is 1.59. The second-order valence-corrected chi connectivity index (χ2v) is 5.22. The highest BCUT2D eigenvalue weighted by Gasteiger charge is 2.36. The van der Waals surface area contributed by atoms with Crippen LogP contribution in [0.5, 0.6) is 0 Å². The summed E-state index contributed by atoms with van der Waals surface area (Å²) < 4.78 is 5.43. The average molecular weight is 226 g/mol. The molecule has 2 rings (SSSR count). The molecule has 3 nitrogen and oxygen atoms in total. The van der Waals surface area contributed by atoms with Crippen LogP contribution in [-0.2, 0) is 4.74 Å². The van der Waals surface area contributed by atoms with Crippen LogP contribution < -0.4 is 5.32 Å². The third-order valence-corrected chi connectivity index (χ3v) is 4.32. The lowest BCUT2D eigenvalue weighted by atomic mass is 9.77. The zero-order valence-electron chi connectivity index (χ0n) is 10.7. The fourth-order valence-corrected chi connectivity index (χ4v) is 3.02. The van der Waals surface area contributed by atoms with Crippen LogP contribution in [0.1, 0.15) is 32.6 Å². The lowest BCUT2D eigenvalue weighted by Crippen LogP contribution is -2.53. The summed E-state index contributed by atoms with van der Waals surface area (Å²) >= 11 is 0. The molecule has 1 N–H and O–H groups in total. The van der Waals surface area contributed by atoms with E-state index in [-0.39, 0.29) is 0 Å². The number of hydrogen-bond donors (Lipinski definition) is 1. The summed E-state index contributed by atoms with van der Waals surface area (Å²) in [5.41, 5.74) is 0. The molecule has 3 heteroatoms. The second-order valence-electron chi connectivity index (χ2n) is 5.22. The van der Waals surface area contributed by atoms with Crippen LogP contribution in [0.15, 0.2) is 0 Å². The van der Waals surface area contributed by atoms with Crippen molar-refractivity contribution >= 4 is 0 Å². The Morgan fingerprint density at radius 1 is 1.19 bits per heavy atom. The van der Waals surface area contributed by atoms with Gasteiger partial charge in [-0.1, -0.05) is 6.92 Å². The summed E-state index contributed by atoms with van der Waals surface area (Å²) in [5.74, 6) is 0.882. The van der Waals surface area contributed by atoms with Gasteiger partial charge in [-0.2, -0.15) is 0 Å². The fraction of sp³-hybridized carbons (Fsp3) is 1.00. The van der Waals surface area contributed by atoms with E-state index in [4.69, 9.17) is 4.74 Å². The molecule has 0 amide bonds. The van der Waals surface area contributed by atoms with E-state index >= 15 is 0 Å². The van der Waals surface area contributed by atoms with Crippen molar-refractivity contribution < 1.29 is 4.74 Å². The lowest BCUT2D eigenvalue weighted by molar-refractivity contribution is -0.00840. The molecule has 1 heterocycles. The van der Waals surface area contributed by atoms with Gasteiger partial charge < -0.3 is 10.1 Å². The van der Waals surface area contributed by atoms with Crippen LogP contribution in [0, 0.1) is 5.92 Å². The minimum Gasteiger partial charge on any atom is -0.381 e.